The van der Waals surface area contributed by atoms with E-state index in [1.54, 1.807) is 19.1 Å². The van der Waals surface area contributed by atoms with Crippen LogP contribution < -0.4 is 0 Å². The first-order valence-corrected chi connectivity index (χ1v) is 7.48. The van der Waals surface area contributed by atoms with Crippen LogP contribution in [0.15, 0.2) is 29.3 Å². The Morgan fingerprint density at radius 2 is 1.95 bits per heavy atom. The number of carboxylic acid groups (broad SMARTS) is 1. The SMILES string of the molecule is CCc1nc(C)c(C(=O)O)c(SCc2ccc(F)cc2)n1. The smallest absolute Gasteiger partial charge is 0.340 e. The highest BCUT2D eigenvalue weighted by atomic mass is 32.2. The monoisotopic (exact) mass is 306 g/mol. The number of nitrogens with zero attached hydrogens (tertiary/aromatic N) is 2. The second-order valence-electron chi connectivity index (χ2n) is 4.48. The summed E-state index contributed by atoms with van der Waals surface area (Å²) >= 11 is 1.32. The van der Waals surface area contributed by atoms with Crippen molar-refractivity contribution in [1.82, 2.24) is 9.97 Å². The zero-order valence-electron chi connectivity index (χ0n) is 11.8. The van der Waals surface area contributed by atoms with E-state index in [0.717, 1.165) is 5.56 Å². The Kier molecular flexibility index (Phi) is 4.90. The number of rotatable bonds is 5. The Balaban J connectivity index is 2.27. The van der Waals surface area contributed by atoms with E-state index in [-0.39, 0.29) is 11.4 Å². The van der Waals surface area contributed by atoms with Crippen LogP contribution >= 0.6 is 11.8 Å². The van der Waals surface area contributed by atoms with E-state index in [1.807, 2.05) is 6.92 Å². The molecule has 0 bridgehead atoms. The fourth-order valence-electron chi connectivity index (χ4n) is 1.84. The molecule has 2 rings (SSSR count). The molecule has 0 unspecified atom stereocenters. The van der Waals surface area contributed by atoms with E-state index in [4.69, 9.17) is 0 Å². The average Bonchev–Trinajstić information content (AvgIpc) is 2.45. The number of aromatic nitrogens is 2. The van der Waals surface area contributed by atoms with E-state index in [1.165, 1.54) is 23.9 Å². The highest BCUT2D eigenvalue weighted by Crippen LogP contribution is 2.26. The summed E-state index contributed by atoms with van der Waals surface area (Å²) in [6, 6.07) is 6.13. The number of benzene rings is 1. The Hall–Kier alpha value is -1.95. The summed E-state index contributed by atoms with van der Waals surface area (Å²) in [5.41, 5.74) is 1.52. The molecule has 0 aliphatic heterocycles. The molecule has 0 saturated heterocycles. The first-order chi connectivity index (χ1) is 10.0. The lowest BCUT2D eigenvalue weighted by Gasteiger charge is -2.09. The van der Waals surface area contributed by atoms with E-state index in [2.05, 4.69) is 9.97 Å². The van der Waals surface area contributed by atoms with Gasteiger partial charge < -0.3 is 5.11 Å². The summed E-state index contributed by atoms with van der Waals surface area (Å²) in [6.07, 6.45) is 0.644. The van der Waals surface area contributed by atoms with Gasteiger partial charge in [-0.3, -0.25) is 0 Å². The van der Waals surface area contributed by atoms with E-state index < -0.39 is 5.97 Å². The zero-order valence-corrected chi connectivity index (χ0v) is 12.6. The number of aryl methyl sites for hydroxylation is 2. The van der Waals surface area contributed by atoms with Crippen LogP contribution in [-0.4, -0.2) is 21.0 Å². The lowest BCUT2D eigenvalue weighted by molar-refractivity contribution is 0.0690. The Bertz CT molecular complexity index is 659. The minimum absolute atomic E-state index is 0.138. The molecule has 6 heteroatoms. The molecule has 2 aromatic rings. The second-order valence-corrected chi connectivity index (χ2v) is 5.44. The van der Waals surface area contributed by atoms with Crippen molar-refractivity contribution >= 4 is 17.7 Å². The van der Waals surface area contributed by atoms with Crippen molar-refractivity contribution in [3.63, 3.8) is 0 Å². The number of hydrogen-bond acceptors (Lipinski definition) is 4. The Labute approximate surface area is 126 Å². The van der Waals surface area contributed by atoms with Crippen molar-refractivity contribution in [3.8, 4) is 0 Å². The first-order valence-electron chi connectivity index (χ1n) is 6.49. The van der Waals surface area contributed by atoms with Crippen molar-refractivity contribution in [2.45, 2.75) is 31.0 Å². The van der Waals surface area contributed by atoms with Gasteiger partial charge in [0.15, 0.2) is 0 Å². The predicted octanol–water partition coefficient (Wildman–Crippen LogP) is 3.48. The molecule has 1 aromatic heterocycles. The van der Waals surface area contributed by atoms with Crippen LogP contribution in [-0.2, 0) is 12.2 Å². The average molecular weight is 306 g/mol. The molecule has 0 aliphatic carbocycles. The molecule has 21 heavy (non-hydrogen) atoms. The lowest BCUT2D eigenvalue weighted by atomic mass is 10.2. The summed E-state index contributed by atoms with van der Waals surface area (Å²) in [5, 5.41) is 9.76. The molecule has 110 valence electrons. The largest absolute Gasteiger partial charge is 0.478 e. The molecule has 0 spiro atoms. The van der Waals surface area contributed by atoms with Crippen molar-refractivity contribution in [2.75, 3.05) is 0 Å². The van der Waals surface area contributed by atoms with Gasteiger partial charge in [0, 0.05) is 12.2 Å². The number of hydrogen-bond donors (Lipinski definition) is 1. The van der Waals surface area contributed by atoms with Crippen LogP contribution in [0, 0.1) is 12.7 Å². The third kappa shape index (κ3) is 3.78. The van der Waals surface area contributed by atoms with Crippen LogP contribution in [0.5, 0.6) is 0 Å². The molecule has 1 N–H and O–H groups in total. The second kappa shape index (κ2) is 6.67. The molecule has 0 fully saturated rings. The molecule has 0 amide bonds. The molecule has 4 nitrogen and oxygen atoms in total. The topological polar surface area (TPSA) is 63.1 Å². The molecular formula is C15H15FN2O2S. The van der Waals surface area contributed by atoms with Gasteiger partial charge in [-0.1, -0.05) is 19.1 Å². The minimum Gasteiger partial charge on any atom is -0.478 e. The highest BCUT2D eigenvalue weighted by molar-refractivity contribution is 7.98. The highest BCUT2D eigenvalue weighted by Gasteiger charge is 2.18. The number of aromatic carboxylic acids is 1. The summed E-state index contributed by atoms with van der Waals surface area (Å²) in [5.74, 6) is -0.169. The summed E-state index contributed by atoms with van der Waals surface area (Å²) < 4.78 is 12.9. The van der Waals surface area contributed by atoms with Crippen LogP contribution in [0.4, 0.5) is 4.39 Å². The normalized spacial score (nSPS) is 10.6. The maximum atomic E-state index is 12.9. The Morgan fingerprint density at radius 1 is 1.29 bits per heavy atom. The van der Waals surface area contributed by atoms with Gasteiger partial charge in [-0.2, -0.15) is 0 Å². The van der Waals surface area contributed by atoms with Crippen LogP contribution in [0.1, 0.15) is 34.4 Å². The standard InChI is InChI=1S/C15H15FN2O2S/c1-3-12-17-9(2)13(15(19)20)14(18-12)21-8-10-4-6-11(16)7-5-10/h4-7H,3,8H2,1-2H3,(H,19,20). The quantitative estimate of drug-likeness (QED) is 0.677. The fraction of sp³-hybridized carbons (Fsp3) is 0.267. The lowest BCUT2D eigenvalue weighted by Crippen LogP contribution is -2.09. The molecule has 0 radical (unpaired) electrons. The fourth-order valence-corrected chi connectivity index (χ4v) is 2.89. The van der Waals surface area contributed by atoms with Gasteiger partial charge in [-0.05, 0) is 24.6 Å². The molecule has 1 heterocycles. The summed E-state index contributed by atoms with van der Waals surface area (Å²) in [6.45, 7) is 3.59. The maximum absolute atomic E-state index is 12.9. The number of carboxylic acids is 1. The van der Waals surface area contributed by atoms with Gasteiger partial charge in [0.2, 0.25) is 0 Å². The van der Waals surface area contributed by atoms with Gasteiger partial charge >= 0.3 is 5.97 Å². The van der Waals surface area contributed by atoms with Gasteiger partial charge in [0.25, 0.3) is 0 Å². The molecule has 0 saturated carbocycles. The van der Waals surface area contributed by atoms with Crippen molar-refractivity contribution < 1.29 is 14.3 Å². The molecule has 0 atom stereocenters. The van der Waals surface area contributed by atoms with Crippen molar-refractivity contribution in [1.29, 1.82) is 0 Å². The Morgan fingerprint density at radius 3 is 2.52 bits per heavy atom. The minimum atomic E-state index is -1.03. The van der Waals surface area contributed by atoms with Crippen molar-refractivity contribution in [3.05, 3.63) is 52.7 Å². The summed E-state index contributed by atoms with van der Waals surface area (Å²) in [4.78, 5) is 19.8. The first kappa shape index (κ1) is 15.4. The number of halogens is 1. The predicted molar refractivity (Wildman–Crippen MR) is 79.1 cm³/mol. The van der Waals surface area contributed by atoms with E-state index in [9.17, 15) is 14.3 Å². The van der Waals surface area contributed by atoms with Crippen molar-refractivity contribution in [2.24, 2.45) is 0 Å². The number of carbonyl (C=O) groups is 1. The van der Waals surface area contributed by atoms with E-state index in [0.29, 0.717) is 28.7 Å². The summed E-state index contributed by atoms with van der Waals surface area (Å²) in [7, 11) is 0. The van der Waals surface area contributed by atoms with E-state index >= 15 is 0 Å². The van der Waals surface area contributed by atoms with Gasteiger partial charge in [0.1, 0.15) is 22.2 Å². The molecular weight excluding hydrogens is 291 g/mol. The molecule has 1 aromatic carbocycles. The van der Waals surface area contributed by atoms with Crippen LogP contribution in [0.2, 0.25) is 0 Å². The third-order valence-corrected chi connectivity index (χ3v) is 3.97. The van der Waals surface area contributed by atoms with Crippen LogP contribution in [0.3, 0.4) is 0 Å². The van der Waals surface area contributed by atoms with Gasteiger partial charge in [0.05, 0.1) is 5.69 Å². The maximum Gasteiger partial charge on any atom is 0.340 e. The number of thioether (sulfide) groups is 1. The van der Waals surface area contributed by atoms with Gasteiger partial charge in [-0.25, -0.2) is 19.2 Å². The third-order valence-electron chi connectivity index (χ3n) is 2.92. The zero-order chi connectivity index (χ0) is 15.4. The molecule has 0 aliphatic rings. The van der Waals surface area contributed by atoms with Gasteiger partial charge in [-0.15, -0.1) is 11.8 Å². The van der Waals surface area contributed by atoms with Crippen LogP contribution in [0.25, 0.3) is 0 Å².